The predicted molar refractivity (Wildman–Crippen MR) is 182 cm³/mol. The van der Waals surface area contributed by atoms with Crippen molar-refractivity contribution in [3.8, 4) is 5.75 Å². The first-order chi connectivity index (χ1) is 23.4. The minimum atomic E-state index is -0.898. The number of alkyl halides is 1. The first kappa shape index (κ1) is 37.6. The van der Waals surface area contributed by atoms with Gasteiger partial charge in [0.15, 0.2) is 0 Å². The Hall–Kier alpha value is -4.22. The minimum Gasteiger partial charge on any atom is -0.491 e. The normalized spacial score (nSPS) is 17.7. The van der Waals surface area contributed by atoms with E-state index in [1.165, 1.54) is 4.90 Å². The Labute approximate surface area is 288 Å². The molecule has 0 saturated carbocycles. The fraction of sp³-hybridized carbons (Fsp3) is 0.595. The summed E-state index contributed by atoms with van der Waals surface area (Å²) in [5.41, 5.74) is 1.83. The smallest absolute Gasteiger partial charge is 0.407 e. The Bertz CT molecular complexity index is 1410. The van der Waals surface area contributed by atoms with Gasteiger partial charge in [-0.05, 0) is 101 Å². The number of carboxylic acid groups (broad SMARTS) is 1. The van der Waals surface area contributed by atoms with Crippen molar-refractivity contribution in [2.24, 2.45) is 11.8 Å². The molecule has 2 N–H and O–H groups in total. The molecule has 2 aromatic rings. The number of halogens is 1. The van der Waals surface area contributed by atoms with E-state index in [-0.39, 0.29) is 24.8 Å². The molecule has 2 atom stereocenters. The van der Waals surface area contributed by atoms with E-state index >= 15 is 0 Å². The van der Waals surface area contributed by atoms with Crippen molar-refractivity contribution in [2.75, 3.05) is 39.5 Å². The van der Waals surface area contributed by atoms with Crippen LogP contribution in [0.4, 0.5) is 9.18 Å². The number of aryl methyl sites for hydroxylation is 2. The third-order valence-corrected chi connectivity index (χ3v) is 9.12. The molecule has 2 saturated heterocycles. The van der Waals surface area contributed by atoms with E-state index in [1.807, 2.05) is 18.2 Å². The van der Waals surface area contributed by atoms with E-state index in [4.69, 9.17) is 9.47 Å². The standard InChI is InChI=1S/C37H51FN4O7/c1-37(2,3)49-34(44)24-32(30-7-4-19-39-31(30)14-10-26-8-12-29(13-9-26)48-23-18-38)40-35(45)28-6-5-20-42(25-28)33(43)15-11-27-16-21-41(22-17-27)36(46)47/h4,7-9,12-13,19,27-28,32H,5-6,10-11,14-18,20-25H2,1-3H3,(H,40,45)(H,46,47)/t28-,32+/m1/s1. The number of carbonyl (C=O) groups is 4. The van der Waals surface area contributed by atoms with Gasteiger partial charge in [-0.15, -0.1) is 0 Å². The number of piperidine rings is 2. The summed E-state index contributed by atoms with van der Waals surface area (Å²) in [6.45, 7) is 6.75. The Morgan fingerprint density at radius 3 is 2.43 bits per heavy atom. The third kappa shape index (κ3) is 12.0. The van der Waals surface area contributed by atoms with Gasteiger partial charge in [0.05, 0.1) is 18.4 Å². The second-order valence-electron chi connectivity index (χ2n) is 14.0. The first-order valence-corrected chi connectivity index (χ1v) is 17.4. The molecule has 0 spiro atoms. The monoisotopic (exact) mass is 682 g/mol. The highest BCUT2D eigenvalue weighted by atomic mass is 19.1. The molecule has 1 aromatic carbocycles. The van der Waals surface area contributed by atoms with Crippen molar-refractivity contribution >= 4 is 23.9 Å². The van der Waals surface area contributed by atoms with Gasteiger partial charge in [-0.1, -0.05) is 18.2 Å². The van der Waals surface area contributed by atoms with Crippen LogP contribution in [0.2, 0.25) is 0 Å². The SMILES string of the molecule is CC(C)(C)OC(=O)C[C@H](NC(=O)[C@@H]1CCCN(C(=O)CCC2CCN(C(=O)O)CC2)C1)c1cccnc1CCc1ccc(OCCF)cc1. The number of likely N-dealkylation sites (tertiary alicyclic amines) is 2. The lowest BCUT2D eigenvalue weighted by atomic mass is 9.91. The Morgan fingerprint density at radius 2 is 1.76 bits per heavy atom. The number of ether oxygens (including phenoxy) is 2. The first-order valence-electron chi connectivity index (χ1n) is 17.4. The van der Waals surface area contributed by atoms with Crippen LogP contribution in [0.25, 0.3) is 0 Å². The Balaban J connectivity index is 1.40. The van der Waals surface area contributed by atoms with E-state index in [1.54, 1.807) is 50.1 Å². The van der Waals surface area contributed by atoms with Crippen molar-refractivity contribution < 1.29 is 38.1 Å². The van der Waals surface area contributed by atoms with Crippen molar-refractivity contribution in [1.29, 1.82) is 0 Å². The van der Waals surface area contributed by atoms with Gasteiger partial charge in [-0.2, -0.15) is 0 Å². The summed E-state index contributed by atoms with van der Waals surface area (Å²) in [6.07, 6.45) is 5.86. The van der Waals surface area contributed by atoms with Crippen LogP contribution in [0.5, 0.6) is 5.75 Å². The maximum Gasteiger partial charge on any atom is 0.407 e. The highest BCUT2D eigenvalue weighted by Gasteiger charge is 2.32. The molecule has 0 aliphatic carbocycles. The zero-order chi connectivity index (χ0) is 35.4. The summed E-state index contributed by atoms with van der Waals surface area (Å²) in [5.74, 6) is -0.152. The van der Waals surface area contributed by atoms with Gasteiger partial charge in [0.2, 0.25) is 11.8 Å². The van der Waals surface area contributed by atoms with Gasteiger partial charge >= 0.3 is 12.1 Å². The number of esters is 1. The van der Waals surface area contributed by atoms with E-state index in [2.05, 4.69) is 10.3 Å². The topological polar surface area (TPSA) is 138 Å². The molecule has 4 rings (SSSR count). The third-order valence-electron chi connectivity index (χ3n) is 9.12. The lowest BCUT2D eigenvalue weighted by Crippen LogP contribution is -2.46. The Kier molecular flexibility index (Phi) is 13.8. The van der Waals surface area contributed by atoms with E-state index in [9.17, 15) is 28.7 Å². The van der Waals surface area contributed by atoms with E-state index < -0.39 is 36.3 Å². The average molecular weight is 683 g/mol. The van der Waals surface area contributed by atoms with Crippen molar-refractivity contribution in [3.05, 3.63) is 59.4 Å². The number of aromatic nitrogens is 1. The van der Waals surface area contributed by atoms with Gasteiger partial charge in [0, 0.05) is 44.5 Å². The summed E-state index contributed by atoms with van der Waals surface area (Å²) < 4.78 is 23.4. The van der Waals surface area contributed by atoms with Crippen LogP contribution in [0, 0.1) is 11.8 Å². The van der Waals surface area contributed by atoms with Gasteiger partial charge < -0.3 is 29.7 Å². The number of nitrogens with one attached hydrogen (secondary N) is 1. The van der Waals surface area contributed by atoms with Crippen LogP contribution in [0.3, 0.4) is 0 Å². The summed E-state index contributed by atoms with van der Waals surface area (Å²) in [7, 11) is 0. The summed E-state index contributed by atoms with van der Waals surface area (Å²) >= 11 is 0. The maximum atomic E-state index is 13.8. The number of carbonyl (C=O) groups excluding carboxylic acids is 3. The molecule has 3 amide bonds. The molecule has 12 heteroatoms. The van der Waals surface area contributed by atoms with Crippen LogP contribution >= 0.6 is 0 Å². The van der Waals surface area contributed by atoms with E-state index in [0.29, 0.717) is 76.4 Å². The molecule has 2 aliphatic rings. The molecule has 49 heavy (non-hydrogen) atoms. The highest BCUT2D eigenvalue weighted by Crippen LogP contribution is 2.27. The lowest BCUT2D eigenvalue weighted by molar-refractivity contribution is -0.155. The zero-order valence-corrected chi connectivity index (χ0v) is 29.0. The number of nitrogens with zero attached hydrogens (tertiary/aromatic N) is 3. The molecule has 2 aliphatic heterocycles. The van der Waals surface area contributed by atoms with Crippen LogP contribution in [-0.4, -0.2) is 88.8 Å². The van der Waals surface area contributed by atoms with Crippen molar-refractivity contribution in [2.45, 2.75) is 90.2 Å². The van der Waals surface area contributed by atoms with Crippen molar-refractivity contribution in [1.82, 2.24) is 20.1 Å². The summed E-state index contributed by atoms with van der Waals surface area (Å²) in [4.78, 5) is 59.1. The summed E-state index contributed by atoms with van der Waals surface area (Å²) in [6, 6.07) is 10.4. The molecule has 0 unspecified atom stereocenters. The zero-order valence-electron chi connectivity index (χ0n) is 29.0. The molecule has 1 aromatic heterocycles. The molecule has 268 valence electrons. The molecular formula is C37H51FN4O7. The predicted octanol–water partition coefficient (Wildman–Crippen LogP) is 5.51. The fourth-order valence-electron chi connectivity index (χ4n) is 6.54. The van der Waals surface area contributed by atoms with Gasteiger partial charge in [0.1, 0.15) is 24.6 Å². The number of benzene rings is 1. The molecule has 3 heterocycles. The second-order valence-corrected chi connectivity index (χ2v) is 14.0. The molecule has 0 radical (unpaired) electrons. The second kappa shape index (κ2) is 18.0. The molecule has 2 fully saturated rings. The van der Waals surface area contributed by atoms with Crippen LogP contribution in [0.1, 0.15) is 88.6 Å². The maximum absolute atomic E-state index is 13.8. The van der Waals surface area contributed by atoms with Crippen LogP contribution in [-0.2, 0) is 32.0 Å². The average Bonchev–Trinajstić information content (AvgIpc) is 3.08. The van der Waals surface area contributed by atoms with Gasteiger partial charge in [-0.25, -0.2) is 9.18 Å². The molecule has 0 bridgehead atoms. The largest absolute Gasteiger partial charge is 0.491 e. The number of amides is 3. The van der Waals surface area contributed by atoms with Crippen LogP contribution in [0.15, 0.2) is 42.6 Å². The number of pyridine rings is 1. The van der Waals surface area contributed by atoms with Crippen molar-refractivity contribution in [3.63, 3.8) is 0 Å². The van der Waals surface area contributed by atoms with Gasteiger partial charge in [0.25, 0.3) is 0 Å². The summed E-state index contributed by atoms with van der Waals surface area (Å²) in [5, 5.41) is 12.3. The molecule has 11 nitrogen and oxygen atoms in total. The van der Waals surface area contributed by atoms with Gasteiger partial charge in [-0.3, -0.25) is 19.4 Å². The Morgan fingerprint density at radius 1 is 1.02 bits per heavy atom. The van der Waals surface area contributed by atoms with Crippen LogP contribution < -0.4 is 10.1 Å². The molecular weight excluding hydrogens is 631 g/mol. The minimum absolute atomic E-state index is 0.00758. The number of hydrogen-bond donors (Lipinski definition) is 2. The van der Waals surface area contributed by atoms with E-state index in [0.717, 1.165) is 29.7 Å². The number of hydrogen-bond acceptors (Lipinski definition) is 7. The lowest BCUT2D eigenvalue weighted by Gasteiger charge is -2.34. The fourth-order valence-corrected chi connectivity index (χ4v) is 6.54. The number of rotatable bonds is 14. The quantitative estimate of drug-likeness (QED) is 0.249. The highest BCUT2D eigenvalue weighted by molar-refractivity contribution is 5.82.